The van der Waals surface area contributed by atoms with E-state index >= 15 is 0 Å². The van der Waals surface area contributed by atoms with Crippen molar-refractivity contribution in [3.05, 3.63) is 42.5 Å². The zero-order valence-corrected chi connectivity index (χ0v) is 17.8. The molecule has 2 heterocycles. The van der Waals surface area contributed by atoms with E-state index in [4.69, 9.17) is 19.6 Å². The Bertz CT molecular complexity index is 1240. The summed E-state index contributed by atoms with van der Waals surface area (Å²) >= 11 is 0. The second-order valence-corrected chi connectivity index (χ2v) is 7.07. The molecule has 0 bridgehead atoms. The van der Waals surface area contributed by atoms with Gasteiger partial charge in [0.15, 0.2) is 23.1 Å². The third-order valence-corrected chi connectivity index (χ3v) is 5.03. The molecule has 0 aliphatic heterocycles. The molecule has 0 fully saturated rings. The molecule has 0 unspecified atom stereocenters. The van der Waals surface area contributed by atoms with Gasteiger partial charge in [-0.2, -0.15) is 0 Å². The largest absolute Gasteiger partial charge is 0.493 e. The van der Waals surface area contributed by atoms with Crippen molar-refractivity contribution < 1.29 is 19.4 Å². The number of aromatic nitrogens is 4. The first-order valence-corrected chi connectivity index (χ1v) is 10.2. The lowest BCUT2D eigenvalue weighted by atomic mass is 10.2. The highest BCUT2D eigenvalue weighted by Crippen LogP contribution is 2.34. The van der Waals surface area contributed by atoms with E-state index in [9.17, 15) is 4.79 Å². The van der Waals surface area contributed by atoms with Crippen molar-refractivity contribution in [2.75, 3.05) is 32.6 Å². The average molecular weight is 436 g/mol. The Balaban J connectivity index is 1.76. The van der Waals surface area contributed by atoms with Crippen LogP contribution in [0.1, 0.15) is 12.8 Å². The molecule has 0 spiro atoms. The van der Waals surface area contributed by atoms with Crippen molar-refractivity contribution in [2.45, 2.75) is 12.8 Å². The Morgan fingerprint density at radius 2 is 1.75 bits per heavy atom. The van der Waals surface area contributed by atoms with Crippen molar-refractivity contribution >= 4 is 28.6 Å². The lowest BCUT2D eigenvalue weighted by Gasteiger charge is -2.13. The standard InChI is InChI=1S/C22H24N6O4/c1-31-17-12-15-16(13-18(17)32-2)28-20(14-8-4-3-5-9-14)26-27-21(28)19(25-15)23-10-6-7-11-24-22(29)30/h3-5,8-9,12-13,24H,6-7,10-11H2,1-2H3,(H,23,25)(H,29,30). The second kappa shape index (κ2) is 9.38. The number of benzene rings is 2. The molecule has 166 valence electrons. The molecule has 0 saturated carbocycles. The van der Waals surface area contributed by atoms with Gasteiger partial charge in [-0.25, -0.2) is 9.78 Å². The number of nitrogens with one attached hydrogen (secondary N) is 2. The molecule has 32 heavy (non-hydrogen) atoms. The van der Waals surface area contributed by atoms with Gasteiger partial charge in [-0.3, -0.25) is 4.40 Å². The first-order chi connectivity index (χ1) is 15.6. The van der Waals surface area contributed by atoms with Crippen LogP contribution >= 0.6 is 0 Å². The van der Waals surface area contributed by atoms with Crippen LogP contribution in [-0.4, -0.2) is 58.1 Å². The number of carbonyl (C=O) groups is 1. The monoisotopic (exact) mass is 436 g/mol. The van der Waals surface area contributed by atoms with E-state index in [2.05, 4.69) is 20.8 Å². The molecule has 1 amide bonds. The van der Waals surface area contributed by atoms with Gasteiger partial charge < -0.3 is 25.2 Å². The number of hydrogen-bond acceptors (Lipinski definition) is 7. The average Bonchev–Trinajstić information content (AvgIpc) is 3.26. The maximum atomic E-state index is 10.6. The topological polar surface area (TPSA) is 123 Å². The zero-order valence-electron chi connectivity index (χ0n) is 17.8. The van der Waals surface area contributed by atoms with Gasteiger partial charge in [0.1, 0.15) is 0 Å². The molecule has 2 aromatic carbocycles. The number of unbranched alkanes of at least 4 members (excludes halogenated alkanes) is 1. The number of fused-ring (bicyclic) bond motifs is 3. The number of anilines is 1. The van der Waals surface area contributed by atoms with Crippen LogP contribution in [-0.2, 0) is 0 Å². The minimum atomic E-state index is -1.02. The maximum Gasteiger partial charge on any atom is 0.404 e. The molecule has 2 aromatic heterocycles. The molecule has 4 rings (SSSR count). The molecule has 10 heteroatoms. The normalized spacial score (nSPS) is 10.9. The van der Waals surface area contributed by atoms with Crippen LogP contribution in [0.4, 0.5) is 10.6 Å². The Morgan fingerprint density at radius 1 is 1.03 bits per heavy atom. The first kappa shape index (κ1) is 21.2. The summed E-state index contributed by atoms with van der Waals surface area (Å²) in [6, 6.07) is 13.5. The number of nitrogens with zero attached hydrogens (tertiary/aromatic N) is 4. The van der Waals surface area contributed by atoms with Gasteiger partial charge in [-0.05, 0) is 12.8 Å². The predicted octanol–water partition coefficient (Wildman–Crippen LogP) is 3.42. The highest BCUT2D eigenvalue weighted by atomic mass is 16.5. The van der Waals surface area contributed by atoms with E-state index < -0.39 is 6.09 Å². The third kappa shape index (κ3) is 4.20. The van der Waals surface area contributed by atoms with Crippen molar-refractivity contribution in [3.63, 3.8) is 0 Å². The quantitative estimate of drug-likeness (QED) is 0.341. The lowest BCUT2D eigenvalue weighted by Crippen LogP contribution is -2.22. The number of methoxy groups -OCH3 is 2. The Kier molecular flexibility index (Phi) is 6.20. The number of rotatable bonds is 9. The van der Waals surface area contributed by atoms with Gasteiger partial charge >= 0.3 is 6.09 Å². The van der Waals surface area contributed by atoms with E-state index in [1.54, 1.807) is 14.2 Å². The summed E-state index contributed by atoms with van der Waals surface area (Å²) in [6.45, 7) is 1.01. The molecule has 0 radical (unpaired) electrons. The molecule has 4 aromatic rings. The van der Waals surface area contributed by atoms with Gasteiger partial charge in [-0.15, -0.1) is 10.2 Å². The summed E-state index contributed by atoms with van der Waals surface area (Å²) in [6.07, 6.45) is 0.450. The second-order valence-electron chi connectivity index (χ2n) is 7.07. The van der Waals surface area contributed by atoms with Crippen LogP contribution in [0, 0.1) is 0 Å². The first-order valence-electron chi connectivity index (χ1n) is 10.2. The minimum absolute atomic E-state index is 0.400. The summed E-state index contributed by atoms with van der Waals surface area (Å²) in [5, 5.41) is 23.2. The lowest BCUT2D eigenvalue weighted by molar-refractivity contribution is 0.194. The summed E-state index contributed by atoms with van der Waals surface area (Å²) in [5.74, 6) is 2.44. The van der Waals surface area contributed by atoms with Crippen LogP contribution < -0.4 is 20.1 Å². The van der Waals surface area contributed by atoms with Crippen LogP contribution in [0.3, 0.4) is 0 Å². The molecular weight excluding hydrogens is 412 g/mol. The van der Waals surface area contributed by atoms with Crippen LogP contribution in [0.15, 0.2) is 42.5 Å². The fourth-order valence-corrected chi connectivity index (χ4v) is 3.51. The summed E-state index contributed by atoms with van der Waals surface area (Å²) < 4.78 is 12.9. The number of ether oxygens (including phenoxy) is 2. The van der Waals surface area contributed by atoms with Crippen LogP contribution in [0.5, 0.6) is 11.5 Å². The van der Waals surface area contributed by atoms with E-state index in [1.807, 2.05) is 46.9 Å². The Morgan fingerprint density at radius 3 is 2.47 bits per heavy atom. The van der Waals surface area contributed by atoms with Gasteiger partial charge in [0, 0.05) is 30.8 Å². The molecule has 0 aliphatic carbocycles. The fraction of sp³-hybridized carbons (Fsp3) is 0.273. The summed E-state index contributed by atoms with van der Waals surface area (Å²) in [5.41, 5.74) is 3.00. The van der Waals surface area contributed by atoms with Crippen molar-refractivity contribution in [1.29, 1.82) is 0 Å². The Hall–Kier alpha value is -4.08. The SMILES string of the molecule is COc1cc2nc(NCCCCNC(=O)O)c3nnc(-c4ccccc4)n3c2cc1OC. The highest BCUT2D eigenvalue weighted by Gasteiger charge is 2.18. The van der Waals surface area contributed by atoms with Crippen LogP contribution in [0.25, 0.3) is 28.1 Å². The smallest absolute Gasteiger partial charge is 0.404 e. The molecule has 0 saturated heterocycles. The van der Waals surface area contributed by atoms with Gasteiger partial charge in [0.2, 0.25) is 5.65 Å². The van der Waals surface area contributed by atoms with E-state index in [-0.39, 0.29) is 0 Å². The zero-order chi connectivity index (χ0) is 22.5. The van der Waals surface area contributed by atoms with Gasteiger partial charge in [-0.1, -0.05) is 30.3 Å². The number of carboxylic acid groups (broad SMARTS) is 1. The van der Waals surface area contributed by atoms with Crippen molar-refractivity contribution in [3.8, 4) is 22.9 Å². The Labute approximate surface area is 184 Å². The van der Waals surface area contributed by atoms with Gasteiger partial charge in [0.05, 0.1) is 25.3 Å². The highest BCUT2D eigenvalue weighted by molar-refractivity contribution is 5.87. The summed E-state index contributed by atoms with van der Waals surface area (Å²) in [7, 11) is 3.18. The summed E-state index contributed by atoms with van der Waals surface area (Å²) in [4.78, 5) is 15.3. The minimum Gasteiger partial charge on any atom is -0.493 e. The molecule has 3 N–H and O–H groups in total. The molecular formula is C22H24N6O4. The van der Waals surface area contributed by atoms with E-state index in [1.165, 1.54) is 0 Å². The van der Waals surface area contributed by atoms with E-state index in [0.29, 0.717) is 53.8 Å². The van der Waals surface area contributed by atoms with Crippen LogP contribution in [0.2, 0.25) is 0 Å². The number of hydrogen-bond donors (Lipinski definition) is 3. The fourth-order valence-electron chi connectivity index (χ4n) is 3.51. The number of amides is 1. The maximum absolute atomic E-state index is 10.6. The molecule has 0 atom stereocenters. The predicted molar refractivity (Wildman–Crippen MR) is 121 cm³/mol. The van der Waals surface area contributed by atoms with Gasteiger partial charge in [0.25, 0.3) is 0 Å². The molecule has 0 aliphatic rings. The molecule has 10 nitrogen and oxygen atoms in total. The van der Waals surface area contributed by atoms with E-state index in [0.717, 1.165) is 17.5 Å². The van der Waals surface area contributed by atoms with Crippen molar-refractivity contribution in [1.82, 2.24) is 24.9 Å². The van der Waals surface area contributed by atoms with Crippen molar-refractivity contribution in [2.24, 2.45) is 0 Å². The third-order valence-electron chi connectivity index (χ3n) is 5.03.